The quantitative estimate of drug-likeness (QED) is 0.271. The topological polar surface area (TPSA) is 119 Å². The summed E-state index contributed by atoms with van der Waals surface area (Å²) in [6, 6.07) is 14.4. The number of hydrogen-bond acceptors (Lipinski definition) is 8. The van der Waals surface area contributed by atoms with E-state index < -0.39 is 0 Å². The highest BCUT2D eigenvalue weighted by molar-refractivity contribution is 7.15. The smallest absolute Gasteiger partial charge is 0.274 e. The highest BCUT2D eigenvalue weighted by Gasteiger charge is 2.18. The molecule has 3 heterocycles. The van der Waals surface area contributed by atoms with E-state index in [1.165, 1.54) is 24.8 Å². The predicted molar refractivity (Wildman–Crippen MR) is 144 cm³/mol. The second-order valence-electron chi connectivity index (χ2n) is 8.57. The average Bonchev–Trinajstić information content (AvgIpc) is 3.38. The Bertz CT molecular complexity index is 1600. The Morgan fingerprint density at radius 2 is 1.89 bits per heavy atom. The Balaban J connectivity index is 1.28. The van der Waals surface area contributed by atoms with Gasteiger partial charge in [-0.25, -0.2) is 24.3 Å². The van der Waals surface area contributed by atoms with Gasteiger partial charge in [0.05, 0.1) is 18.1 Å². The summed E-state index contributed by atoms with van der Waals surface area (Å²) >= 11 is 1.62. The number of thiophene rings is 1. The van der Waals surface area contributed by atoms with Crippen molar-refractivity contribution in [3.05, 3.63) is 94.8 Å². The SMILES string of the molecule is Cc1cc([C@H](C)NC(=O)c2nccnc2NCc2ccc(-c3ccc4ncnc(N)c4c3)s2)ccc1F. The summed E-state index contributed by atoms with van der Waals surface area (Å²) in [5.74, 6) is 0.182. The predicted octanol–water partition coefficient (Wildman–Crippen LogP) is 5.28. The summed E-state index contributed by atoms with van der Waals surface area (Å²) in [7, 11) is 0. The van der Waals surface area contributed by atoms with Crippen LogP contribution in [-0.2, 0) is 6.54 Å². The Morgan fingerprint density at radius 3 is 2.73 bits per heavy atom. The Morgan fingerprint density at radius 1 is 1.05 bits per heavy atom. The number of nitrogens with two attached hydrogens (primary N) is 1. The number of aryl methyl sites for hydroxylation is 1. The van der Waals surface area contributed by atoms with Crippen LogP contribution in [0, 0.1) is 12.7 Å². The molecule has 0 bridgehead atoms. The number of anilines is 2. The summed E-state index contributed by atoms with van der Waals surface area (Å²) in [5.41, 5.74) is 9.36. The molecule has 0 aliphatic heterocycles. The number of amides is 1. The Kier molecular flexibility index (Phi) is 6.74. The largest absolute Gasteiger partial charge is 0.383 e. The van der Waals surface area contributed by atoms with Crippen LogP contribution < -0.4 is 16.4 Å². The summed E-state index contributed by atoms with van der Waals surface area (Å²) in [6.45, 7) is 4.00. The molecule has 10 heteroatoms. The molecule has 2 aromatic carbocycles. The summed E-state index contributed by atoms with van der Waals surface area (Å²) < 4.78 is 13.6. The molecule has 186 valence electrons. The molecule has 0 saturated heterocycles. The van der Waals surface area contributed by atoms with Gasteiger partial charge < -0.3 is 16.4 Å². The molecule has 5 aromatic rings. The van der Waals surface area contributed by atoms with Crippen LogP contribution in [0.15, 0.2) is 67.3 Å². The molecule has 0 saturated carbocycles. The van der Waals surface area contributed by atoms with E-state index in [1.807, 2.05) is 37.3 Å². The number of nitrogen functional groups attached to an aromatic ring is 1. The number of rotatable bonds is 7. The lowest BCUT2D eigenvalue weighted by Crippen LogP contribution is -2.28. The average molecular weight is 514 g/mol. The first-order valence-corrected chi connectivity index (χ1v) is 12.4. The van der Waals surface area contributed by atoms with Gasteiger partial charge in [-0.3, -0.25) is 4.79 Å². The maximum Gasteiger partial charge on any atom is 0.274 e. The van der Waals surface area contributed by atoms with Crippen LogP contribution in [0.1, 0.15) is 39.5 Å². The number of nitrogens with zero attached hydrogens (tertiary/aromatic N) is 4. The van der Waals surface area contributed by atoms with Gasteiger partial charge in [0.1, 0.15) is 18.0 Å². The number of fused-ring (bicyclic) bond motifs is 1. The van der Waals surface area contributed by atoms with Crippen molar-refractivity contribution in [3.63, 3.8) is 0 Å². The number of halogens is 1. The minimum atomic E-state index is -0.368. The molecular weight excluding hydrogens is 489 g/mol. The van der Waals surface area contributed by atoms with E-state index in [2.05, 4.69) is 30.6 Å². The van der Waals surface area contributed by atoms with Crippen molar-refractivity contribution >= 4 is 39.8 Å². The first-order chi connectivity index (χ1) is 17.9. The second kappa shape index (κ2) is 10.3. The van der Waals surface area contributed by atoms with Crippen molar-refractivity contribution in [1.29, 1.82) is 0 Å². The van der Waals surface area contributed by atoms with E-state index in [1.54, 1.807) is 30.4 Å². The first kappa shape index (κ1) is 24.3. The highest BCUT2D eigenvalue weighted by atomic mass is 32.1. The van der Waals surface area contributed by atoms with Gasteiger partial charge in [-0.1, -0.05) is 18.2 Å². The lowest BCUT2D eigenvalue weighted by atomic mass is 10.1. The van der Waals surface area contributed by atoms with Gasteiger partial charge >= 0.3 is 0 Å². The Labute approximate surface area is 216 Å². The van der Waals surface area contributed by atoms with E-state index in [4.69, 9.17) is 5.73 Å². The van der Waals surface area contributed by atoms with Gasteiger partial charge in [0.15, 0.2) is 11.5 Å². The second-order valence-corrected chi connectivity index (χ2v) is 9.74. The van der Waals surface area contributed by atoms with E-state index in [9.17, 15) is 9.18 Å². The summed E-state index contributed by atoms with van der Waals surface area (Å²) in [4.78, 5) is 32.0. The molecule has 4 N–H and O–H groups in total. The third kappa shape index (κ3) is 5.24. The zero-order valence-corrected chi connectivity index (χ0v) is 21.0. The molecule has 0 aliphatic rings. The molecule has 0 unspecified atom stereocenters. The van der Waals surface area contributed by atoms with Crippen LogP contribution in [0.2, 0.25) is 0 Å². The van der Waals surface area contributed by atoms with E-state index >= 15 is 0 Å². The van der Waals surface area contributed by atoms with Crippen molar-refractivity contribution in [2.24, 2.45) is 0 Å². The molecule has 8 nitrogen and oxygen atoms in total. The summed E-state index contributed by atoms with van der Waals surface area (Å²) in [5, 5.41) is 6.96. The molecule has 1 atom stereocenters. The molecule has 37 heavy (non-hydrogen) atoms. The zero-order valence-electron chi connectivity index (χ0n) is 20.2. The fourth-order valence-electron chi connectivity index (χ4n) is 3.95. The lowest BCUT2D eigenvalue weighted by Gasteiger charge is -2.16. The number of benzene rings is 2. The lowest BCUT2D eigenvalue weighted by molar-refractivity contribution is 0.0935. The number of nitrogens with one attached hydrogen (secondary N) is 2. The van der Waals surface area contributed by atoms with Crippen molar-refractivity contribution in [2.75, 3.05) is 11.1 Å². The fraction of sp³-hybridized carbons (Fsp3) is 0.148. The maximum absolute atomic E-state index is 13.6. The van der Waals surface area contributed by atoms with Gasteiger partial charge in [0.2, 0.25) is 0 Å². The monoisotopic (exact) mass is 513 g/mol. The maximum atomic E-state index is 13.6. The van der Waals surface area contributed by atoms with Crippen molar-refractivity contribution in [2.45, 2.75) is 26.4 Å². The normalized spacial score (nSPS) is 11.9. The third-order valence-electron chi connectivity index (χ3n) is 5.99. The molecular formula is C27H24FN7OS. The van der Waals surface area contributed by atoms with Crippen LogP contribution in [0.3, 0.4) is 0 Å². The van der Waals surface area contributed by atoms with Crippen LogP contribution in [0.25, 0.3) is 21.3 Å². The standard InChI is InChI=1S/C27H24FN7OS/c1-15-11-17(3-6-21(15)28)16(2)35-27(36)24-26(31-10-9-30-24)32-13-19-5-8-23(37-19)18-4-7-22-20(12-18)25(29)34-14-33-22/h3-12,14,16H,13H2,1-2H3,(H,31,32)(H,35,36)(H2,29,33,34)/t16-/m0/s1. The van der Waals surface area contributed by atoms with Gasteiger partial charge in [0.25, 0.3) is 5.91 Å². The van der Waals surface area contributed by atoms with E-state index in [0.29, 0.717) is 23.7 Å². The minimum Gasteiger partial charge on any atom is -0.383 e. The number of aromatic nitrogens is 4. The molecule has 0 spiro atoms. The number of carbonyl (C=O) groups is 1. The molecule has 0 fully saturated rings. The van der Waals surface area contributed by atoms with Crippen LogP contribution in [0.4, 0.5) is 16.0 Å². The van der Waals surface area contributed by atoms with E-state index in [0.717, 1.165) is 31.8 Å². The van der Waals surface area contributed by atoms with Crippen molar-refractivity contribution in [3.8, 4) is 10.4 Å². The molecule has 0 radical (unpaired) electrons. The van der Waals surface area contributed by atoms with Crippen LogP contribution >= 0.6 is 11.3 Å². The Hall–Kier alpha value is -4.44. The fourth-order valence-corrected chi connectivity index (χ4v) is 4.89. The highest BCUT2D eigenvalue weighted by Crippen LogP contribution is 2.31. The first-order valence-electron chi connectivity index (χ1n) is 11.6. The van der Waals surface area contributed by atoms with E-state index in [-0.39, 0.29) is 23.5 Å². The van der Waals surface area contributed by atoms with Crippen molar-refractivity contribution < 1.29 is 9.18 Å². The van der Waals surface area contributed by atoms with Crippen molar-refractivity contribution in [1.82, 2.24) is 25.3 Å². The summed E-state index contributed by atoms with van der Waals surface area (Å²) in [6.07, 6.45) is 4.47. The zero-order chi connectivity index (χ0) is 25.9. The van der Waals surface area contributed by atoms with Gasteiger partial charge in [0, 0.05) is 27.5 Å². The number of hydrogen-bond donors (Lipinski definition) is 3. The van der Waals surface area contributed by atoms with Crippen LogP contribution in [-0.4, -0.2) is 25.8 Å². The van der Waals surface area contributed by atoms with Gasteiger partial charge in [-0.05, 0) is 60.9 Å². The van der Waals surface area contributed by atoms with Gasteiger partial charge in [-0.2, -0.15) is 0 Å². The third-order valence-corrected chi connectivity index (χ3v) is 7.12. The van der Waals surface area contributed by atoms with Crippen LogP contribution in [0.5, 0.6) is 0 Å². The molecule has 0 aliphatic carbocycles. The molecule has 5 rings (SSSR count). The molecule has 3 aromatic heterocycles. The van der Waals surface area contributed by atoms with Gasteiger partial charge in [-0.15, -0.1) is 11.3 Å². The minimum absolute atomic E-state index is 0.190. The number of carbonyl (C=O) groups excluding carboxylic acids is 1. The molecule has 1 amide bonds.